The summed E-state index contributed by atoms with van der Waals surface area (Å²) in [6.45, 7) is 2.31. The fourth-order valence-corrected chi connectivity index (χ4v) is 3.61. The lowest BCUT2D eigenvalue weighted by Crippen LogP contribution is -2.19. The van der Waals surface area contributed by atoms with E-state index in [9.17, 15) is 4.79 Å². The van der Waals surface area contributed by atoms with Gasteiger partial charge in [-0.3, -0.25) is 9.36 Å². The highest BCUT2D eigenvalue weighted by Crippen LogP contribution is 2.24. The van der Waals surface area contributed by atoms with Gasteiger partial charge in [0.2, 0.25) is 11.8 Å². The molecule has 0 bridgehead atoms. The van der Waals surface area contributed by atoms with Gasteiger partial charge >= 0.3 is 5.56 Å². The SMILES string of the molecule is Cc1ccc(Oc2ccc(Nc3nc(=O)c4c(ncn4C)n3Cc3ccc(Cl)cc3)cc2)nn1. The Morgan fingerprint density at radius 2 is 1.76 bits per heavy atom. The molecule has 1 N–H and O–H groups in total. The third-order valence-corrected chi connectivity index (χ3v) is 5.45. The molecule has 9 nitrogen and oxygen atoms in total. The van der Waals surface area contributed by atoms with Gasteiger partial charge in [0.15, 0.2) is 11.2 Å². The molecule has 0 aliphatic rings. The van der Waals surface area contributed by atoms with E-state index in [1.54, 1.807) is 36.1 Å². The van der Waals surface area contributed by atoms with Crippen molar-refractivity contribution in [3.63, 3.8) is 0 Å². The predicted molar refractivity (Wildman–Crippen MR) is 130 cm³/mol. The molecule has 0 saturated carbocycles. The van der Waals surface area contributed by atoms with Gasteiger partial charge in [-0.2, -0.15) is 10.1 Å². The Morgan fingerprint density at radius 1 is 1.00 bits per heavy atom. The van der Waals surface area contributed by atoms with Crippen LogP contribution >= 0.6 is 11.6 Å². The molecule has 3 heterocycles. The van der Waals surface area contributed by atoms with E-state index in [-0.39, 0.29) is 5.56 Å². The normalized spacial score (nSPS) is 11.0. The van der Waals surface area contributed by atoms with E-state index in [4.69, 9.17) is 16.3 Å². The third kappa shape index (κ3) is 4.46. The minimum Gasteiger partial charge on any atom is -0.438 e. The molecule has 5 aromatic rings. The Morgan fingerprint density at radius 3 is 2.47 bits per heavy atom. The number of fused-ring (bicyclic) bond motifs is 1. The van der Waals surface area contributed by atoms with Crippen LogP contribution < -0.4 is 15.6 Å². The highest BCUT2D eigenvalue weighted by atomic mass is 35.5. The van der Waals surface area contributed by atoms with E-state index >= 15 is 0 Å². The average Bonchev–Trinajstić information content (AvgIpc) is 3.22. The van der Waals surface area contributed by atoms with Gasteiger partial charge in [-0.15, -0.1) is 5.10 Å². The first-order valence-corrected chi connectivity index (χ1v) is 10.9. The van der Waals surface area contributed by atoms with E-state index in [0.717, 1.165) is 16.9 Å². The van der Waals surface area contributed by atoms with Crippen molar-refractivity contribution >= 4 is 34.4 Å². The van der Waals surface area contributed by atoms with Crippen molar-refractivity contribution in [2.24, 2.45) is 7.05 Å². The van der Waals surface area contributed by atoms with E-state index in [0.29, 0.717) is 40.3 Å². The second-order valence-corrected chi connectivity index (χ2v) is 8.18. The Kier molecular flexibility index (Phi) is 5.69. The first-order valence-electron chi connectivity index (χ1n) is 10.5. The number of benzene rings is 2. The Labute approximate surface area is 199 Å². The number of ether oxygens (including phenoxy) is 1. The third-order valence-electron chi connectivity index (χ3n) is 5.20. The molecule has 2 aromatic carbocycles. The first kappa shape index (κ1) is 21.6. The molecule has 170 valence electrons. The zero-order valence-electron chi connectivity index (χ0n) is 18.4. The highest BCUT2D eigenvalue weighted by Gasteiger charge is 2.16. The molecule has 0 spiro atoms. The van der Waals surface area contributed by atoms with Crippen LogP contribution in [0.15, 0.2) is 71.8 Å². The van der Waals surface area contributed by atoms with E-state index in [1.165, 1.54) is 0 Å². The van der Waals surface area contributed by atoms with Gasteiger partial charge in [0.05, 0.1) is 18.6 Å². The van der Waals surface area contributed by atoms with Gasteiger partial charge in [0.25, 0.3) is 0 Å². The average molecular weight is 474 g/mol. The number of imidazole rings is 1. The number of nitrogens with zero attached hydrogens (tertiary/aromatic N) is 6. The van der Waals surface area contributed by atoms with E-state index < -0.39 is 0 Å². The fraction of sp³-hybridized carbons (Fsp3) is 0.125. The lowest BCUT2D eigenvalue weighted by molar-refractivity contribution is 0.454. The van der Waals surface area contributed by atoms with Gasteiger partial charge in [-0.25, -0.2) is 4.98 Å². The van der Waals surface area contributed by atoms with Crippen molar-refractivity contribution in [2.75, 3.05) is 5.32 Å². The fourth-order valence-electron chi connectivity index (χ4n) is 3.49. The molecular weight excluding hydrogens is 454 g/mol. The van der Waals surface area contributed by atoms with Crippen molar-refractivity contribution in [3.05, 3.63) is 93.6 Å². The smallest absolute Gasteiger partial charge is 0.300 e. The van der Waals surface area contributed by atoms with Gasteiger partial charge in [0.1, 0.15) is 5.75 Å². The molecule has 0 amide bonds. The number of rotatable bonds is 6. The van der Waals surface area contributed by atoms with Gasteiger partial charge in [-0.05, 0) is 55.0 Å². The summed E-state index contributed by atoms with van der Waals surface area (Å²) in [4.78, 5) is 21.5. The lowest BCUT2D eigenvalue weighted by atomic mass is 10.2. The summed E-state index contributed by atoms with van der Waals surface area (Å²) in [5.41, 5.74) is 3.15. The van der Waals surface area contributed by atoms with Gasteiger partial charge in [-0.1, -0.05) is 23.7 Å². The zero-order valence-corrected chi connectivity index (χ0v) is 19.2. The molecule has 0 fully saturated rings. The molecule has 0 saturated heterocycles. The molecule has 0 aliphatic heterocycles. The lowest BCUT2D eigenvalue weighted by Gasteiger charge is -2.15. The van der Waals surface area contributed by atoms with Crippen LogP contribution in [-0.2, 0) is 13.6 Å². The Hall–Kier alpha value is -4.24. The first-order chi connectivity index (χ1) is 16.5. The summed E-state index contributed by atoms with van der Waals surface area (Å²) in [6, 6.07) is 18.4. The monoisotopic (exact) mass is 473 g/mol. The molecular formula is C24H20ClN7O2. The minimum absolute atomic E-state index is 0.359. The second kappa shape index (κ2) is 8.95. The van der Waals surface area contributed by atoms with Gasteiger partial charge in [0, 0.05) is 23.8 Å². The van der Waals surface area contributed by atoms with Crippen molar-refractivity contribution in [2.45, 2.75) is 13.5 Å². The van der Waals surface area contributed by atoms with Crippen LogP contribution in [0, 0.1) is 6.92 Å². The largest absolute Gasteiger partial charge is 0.438 e. The van der Waals surface area contributed by atoms with Crippen LogP contribution in [0.25, 0.3) is 11.2 Å². The van der Waals surface area contributed by atoms with Crippen LogP contribution in [-0.4, -0.2) is 29.3 Å². The number of aryl methyl sites for hydroxylation is 2. The van der Waals surface area contributed by atoms with Crippen molar-refractivity contribution in [1.82, 2.24) is 29.3 Å². The number of nitrogens with one attached hydrogen (secondary N) is 1. The maximum absolute atomic E-state index is 12.7. The topological polar surface area (TPSA) is 99.8 Å². The van der Waals surface area contributed by atoms with Crippen LogP contribution in [0.5, 0.6) is 11.6 Å². The number of halogens is 1. The molecule has 0 aliphatic carbocycles. The molecule has 5 rings (SSSR count). The Bertz CT molecular complexity index is 1510. The van der Waals surface area contributed by atoms with Crippen LogP contribution in [0.2, 0.25) is 5.02 Å². The summed E-state index contributed by atoms with van der Waals surface area (Å²) in [6.07, 6.45) is 1.61. The van der Waals surface area contributed by atoms with Gasteiger partial charge < -0.3 is 14.6 Å². The summed E-state index contributed by atoms with van der Waals surface area (Å²) in [5, 5.41) is 11.9. The number of hydrogen-bond donors (Lipinski definition) is 1. The van der Waals surface area contributed by atoms with Crippen molar-refractivity contribution in [1.29, 1.82) is 0 Å². The molecule has 3 aromatic heterocycles. The van der Waals surface area contributed by atoms with Crippen molar-refractivity contribution in [3.8, 4) is 11.6 Å². The molecule has 0 radical (unpaired) electrons. The summed E-state index contributed by atoms with van der Waals surface area (Å²) in [5.74, 6) is 1.39. The Balaban J connectivity index is 1.46. The molecule has 0 unspecified atom stereocenters. The maximum atomic E-state index is 12.7. The van der Waals surface area contributed by atoms with Crippen LogP contribution in [0.4, 0.5) is 11.6 Å². The summed E-state index contributed by atoms with van der Waals surface area (Å²) >= 11 is 6.04. The van der Waals surface area contributed by atoms with E-state index in [2.05, 4.69) is 25.5 Å². The number of hydrogen-bond acceptors (Lipinski definition) is 7. The second-order valence-electron chi connectivity index (χ2n) is 7.75. The van der Waals surface area contributed by atoms with E-state index in [1.807, 2.05) is 54.0 Å². The number of anilines is 2. The minimum atomic E-state index is -0.359. The quantitative estimate of drug-likeness (QED) is 0.388. The molecule has 10 heteroatoms. The standard InChI is InChI=1S/C24H20ClN7O2/c1-15-3-12-20(30-29-15)34-19-10-8-18(9-11-19)27-24-28-23(33)21-22(26-14-31(21)2)32(24)13-16-4-6-17(25)7-5-16/h3-12,14H,13H2,1-2H3,(H,27,28,33). The predicted octanol–water partition coefficient (Wildman–Crippen LogP) is 4.47. The maximum Gasteiger partial charge on any atom is 0.300 e. The summed E-state index contributed by atoms with van der Waals surface area (Å²) in [7, 11) is 1.77. The number of aromatic nitrogens is 6. The highest BCUT2D eigenvalue weighted by molar-refractivity contribution is 6.30. The summed E-state index contributed by atoms with van der Waals surface area (Å²) < 4.78 is 9.28. The van der Waals surface area contributed by atoms with Crippen LogP contribution in [0.3, 0.4) is 0 Å². The molecule has 34 heavy (non-hydrogen) atoms. The molecule has 0 atom stereocenters. The van der Waals surface area contributed by atoms with Crippen molar-refractivity contribution < 1.29 is 4.74 Å². The zero-order chi connectivity index (χ0) is 23.7. The van der Waals surface area contributed by atoms with Crippen LogP contribution in [0.1, 0.15) is 11.3 Å².